The lowest BCUT2D eigenvalue weighted by Crippen LogP contribution is -2.39. The molecule has 0 spiro atoms. The zero-order valence-electron chi connectivity index (χ0n) is 16.7. The van der Waals surface area contributed by atoms with Gasteiger partial charge in [-0.2, -0.15) is 0 Å². The molecular formula is C24H27NO3. The Morgan fingerprint density at radius 3 is 2.57 bits per heavy atom. The first-order chi connectivity index (χ1) is 13.6. The third-order valence-corrected chi connectivity index (χ3v) is 4.67. The molecule has 0 heterocycles. The molecule has 0 unspecified atom stereocenters. The maximum Gasteiger partial charge on any atom is 0.261 e. The molecule has 0 bridgehead atoms. The van der Waals surface area contributed by atoms with E-state index in [2.05, 4.69) is 23.5 Å². The molecular weight excluding hydrogens is 350 g/mol. The number of hydrogen-bond acceptors (Lipinski definition) is 3. The van der Waals surface area contributed by atoms with E-state index in [-0.39, 0.29) is 5.91 Å². The summed E-state index contributed by atoms with van der Waals surface area (Å²) in [6, 6.07) is 20.0. The van der Waals surface area contributed by atoms with Crippen molar-refractivity contribution < 1.29 is 14.3 Å². The van der Waals surface area contributed by atoms with E-state index in [0.717, 1.165) is 27.8 Å². The molecule has 0 radical (unpaired) electrons. The van der Waals surface area contributed by atoms with Crippen LogP contribution in [-0.4, -0.2) is 25.2 Å². The van der Waals surface area contributed by atoms with Crippen molar-refractivity contribution in [2.45, 2.75) is 33.3 Å². The van der Waals surface area contributed by atoms with Crippen molar-refractivity contribution in [3.8, 4) is 11.5 Å². The second-order valence-electron chi connectivity index (χ2n) is 6.90. The summed E-state index contributed by atoms with van der Waals surface area (Å²) in [6.45, 7) is 6.80. The number of nitrogens with one attached hydrogen (secondary N) is 1. The van der Waals surface area contributed by atoms with Gasteiger partial charge in [-0.05, 0) is 43.4 Å². The predicted octanol–water partition coefficient (Wildman–Crippen LogP) is 4.81. The van der Waals surface area contributed by atoms with Crippen LogP contribution in [0.4, 0.5) is 0 Å². The Hall–Kier alpha value is -3.01. The second-order valence-corrected chi connectivity index (χ2v) is 6.90. The Balaban J connectivity index is 1.52. The number of carbonyl (C=O) groups is 1. The van der Waals surface area contributed by atoms with Crippen molar-refractivity contribution in [3.05, 3.63) is 71.8 Å². The molecule has 4 nitrogen and oxygen atoms in total. The quantitative estimate of drug-likeness (QED) is 0.573. The molecule has 3 aromatic carbocycles. The standard InChI is InChI=1S/C24H27NO3/c1-4-21(28-22-13-12-17(2)16-18(22)3)24(26)25-14-15-27-23-11-7-9-19-8-5-6-10-20(19)23/h5-13,16,21H,4,14-15H2,1-3H3,(H,25,26)/t21-/m1/s1. The van der Waals surface area contributed by atoms with Crippen molar-refractivity contribution in [1.82, 2.24) is 5.32 Å². The van der Waals surface area contributed by atoms with Gasteiger partial charge in [0.25, 0.3) is 5.91 Å². The van der Waals surface area contributed by atoms with Crippen LogP contribution < -0.4 is 14.8 Å². The average molecular weight is 377 g/mol. The van der Waals surface area contributed by atoms with Crippen LogP contribution in [0.2, 0.25) is 0 Å². The molecule has 3 rings (SSSR count). The molecule has 3 aromatic rings. The van der Waals surface area contributed by atoms with Crippen LogP contribution in [0.15, 0.2) is 60.7 Å². The van der Waals surface area contributed by atoms with Gasteiger partial charge in [-0.25, -0.2) is 0 Å². The van der Waals surface area contributed by atoms with Crippen molar-refractivity contribution >= 4 is 16.7 Å². The summed E-state index contributed by atoms with van der Waals surface area (Å²) < 4.78 is 11.8. The largest absolute Gasteiger partial charge is 0.491 e. The van der Waals surface area contributed by atoms with Crippen molar-refractivity contribution in [1.29, 1.82) is 0 Å². The smallest absolute Gasteiger partial charge is 0.261 e. The summed E-state index contributed by atoms with van der Waals surface area (Å²) >= 11 is 0. The fourth-order valence-electron chi connectivity index (χ4n) is 3.18. The van der Waals surface area contributed by atoms with Gasteiger partial charge >= 0.3 is 0 Å². The van der Waals surface area contributed by atoms with E-state index in [1.807, 2.05) is 63.2 Å². The lowest BCUT2D eigenvalue weighted by atomic mass is 10.1. The topological polar surface area (TPSA) is 47.6 Å². The van der Waals surface area contributed by atoms with Crippen LogP contribution in [0.1, 0.15) is 24.5 Å². The van der Waals surface area contributed by atoms with Crippen LogP contribution in [-0.2, 0) is 4.79 Å². The Bertz CT molecular complexity index is 946. The monoisotopic (exact) mass is 377 g/mol. The van der Waals surface area contributed by atoms with Crippen LogP contribution in [0.5, 0.6) is 11.5 Å². The number of carbonyl (C=O) groups excluding carboxylic acids is 1. The van der Waals surface area contributed by atoms with Gasteiger partial charge < -0.3 is 14.8 Å². The molecule has 0 fully saturated rings. The molecule has 4 heteroatoms. The van der Waals surface area contributed by atoms with E-state index in [4.69, 9.17) is 9.47 Å². The van der Waals surface area contributed by atoms with E-state index in [1.165, 1.54) is 5.56 Å². The summed E-state index contributed by atoms with van der Waals surface area (Å²) in [6.07, 6.45) is 0.0857. The highest BCUT2D eigenvalue weighted by Crippen LogP contribution is 2.25. The fraction of sp³-hybridized carbons (Fsp3) is 0.292. The first-order valence-electron chi connectivity index (χ1n) is 9.70. The highest BCUT2D eigenvalue weighted by atomic mass is 16.5. The minimum Gasteiger partial charge on any atom is -0.491 e. The molecule has 0 aliphatic carbocycles. The van der Waals surface area contributed by atoms with Gasteiger partial charge in [-0.1, -0.05) is 61.0 Å². The summed E-state index contributed by atoms with van der Waals surface area (Å²) in [5, 5.41) is 5.12. The molecule has 28 heavy (non-hydrogen) atoms. The number of amides is 1. The Labute approximate surface area is 166 Å². The molecule has 0 saturated carbocycles. The van der Waals surface area contributed by atoms with E-state index < -0.39 is 6.10 Å². The van der Waals surface area contributed by atoms with Gasteiger partial charge in [-0.15, -0.1) is 0 Å². The molecule has 0 aliphatic heterocycles. The predicted molar refractivity (Wildman–Crippen MR) is 113 cm³/mol. The van der Waals surface area contributed by atoms with Crippen LogP contribution >= 0.6 is 0 Å². The van der Waals surface area contributed by atoms with Gasteiger partial charge in [0.2, 0.25) is 0 Å². The molecule has 1 atom stereocenters. The minimum absolute atomic E-state index is 0.121. The number of aryl methyl sites for hydroxylation is 2. The highest BCUT2D eigenvalue weighted by molar-refractivity contribution is 5.88. The third-order valence-electron chi connectivity index (χ3n) is 4.67. The molecule has 0 saturated heterocycles. The van der Waals surface area contributed by atoms with E-state index in [1.54, 1.807) is 0 Å². The molecule has 146 valence electrons. The van der Waals surface area contributed by atoms with Crippen molar-refractivity contribution in [2.24, 2.45) is 0 Å². The molecule has 0 aromatic heterocycles. The van der Waals surface area contributed by atoms with Gasteiger partial charge in [0.15, 0.2) is 6.10 Å². The van der Waals surface area contributed by atoms with Gasteiger partial charge in [-0.3, -0.25) is 4.79 Å². The third kappa shape index (κ3) is 4.83. The summed E-state index contributed by atoms with van der Waals surface area (Å²) in [5.74, 6) is 1.45. The Morgan fingerprint density at radius 2 is 1.79 bits per heavy atom. The van der Waals surface area contributed by atoms with Crippen LogP contribution in [0.25, 0.3) is 10.8 Å². The van der Waals surface area contributed by atoms with Gasteiger partial charge in [0, 0.05) is 5.39 Å². The van der Waals surface area contributed by atoms with Crippen LogP contribution in [0, 0.1) is 13.8 Å². The first-order valence-corrected chi connectivity index (χ1v) is 9.70. The summed E-state index contributed by atoms with van der Waals surface area (Å²) in [5.41, 5.74) is 2.21. The lowest BCUT2D eigenvalue weighted by Gasteiger charge is -2.19. The van der Waals surface area contributed by atoms with Crippen molar-refractivity contribution in [3.63, 3.8) is 0 Å². The normalized spacial score (nSPS) is 11.8. The molecule has 0 aliphatic rings. The van der Waals surface area contributed by atoms with Gasteiger partial charge in [0.1, 0.15) is 18.1 Å². The Kier molecular flexibility index (Phi) is 6.53. The number of hydrogen-bond donors (Lipinski definition) is 1. The molecule has 1 amide bonds. The van der Waals surface area contributed by atoms with Gasteiger partial charge in [0.05, 0.1) is 6.54 Å². The maximum absolute atomic E-state index is 12.5. The van der Waals surface area contributed by atoms with E-state index >= 15 is 0 Å². The first kappa shape index (κ1) is 19.7. The zero-order valence-corrected chi connectivity index (χ0v) is 16.7. The highest BCUT2D eigenvalue weighted by Gasteiger charge is 2.18. The summed E-state index contributed by atoms with van der Waals surface area (Å²) in [4.78, 5) is 12.5. The maximum atomic E-state index is 12.5. The number of rotatable bonds is 8. The van der Waals surface area contributed by atoms with Crippen LogP contribution in [0.3, 0.4) is 0 Å². The fourth-order valence-corrected chi connectivity index (χ4v) is 3.18. The van der Waals surface area contributed by atoms with E-state index in [0.29, 0.717) is 19.6 Å². The van der Waals surface area contributed by atoms with E-state index in [9.17, 15) is 4.79 Å². The Morgan fingerprint density at radius 1 is 1.00 bits per heavy atom. The SMILES string of the molecule is CC[C@@H](Oc1ccc(C)cc1C)C(=O)NCCOc1cccc2ccccc12. The number of fused-ring (bicyclic) bond motifs is 1. The zero-order chi connectivity index (χ0) is 19.9. The molecule has 1 N–H and O–H groups in total. The lowest BCUT2D eigenvalue weighted by molar-refractivity contribution is -0.128. The second kappa shape index (κ2) is 9.27. The average Bonchev–Trinajstić information content (AvgIpc) is 2.70. The number of ether oxygens (including phenoxy) is 2. The number of benzene rings is 3. The summed E-state index contributed by atoms with van der Waals surface area (Å²) in [7, 11) is 0. The van der Waals surface area contributed by atoms with Crippen molar-refractivity contribution in [2.75, 3.05) is 13.2 Å². The minimum atomic E-state index is -0.515.